The van der Waals surface area contributed by atoms with E-state index in [0.717, 1.165) is 0 Å². The summed E-state index contributed by atoms with van der Waals surface area (Å²) in [5.74, 6) is 0.597. The number of hydrogen-bond acceptors (Lipinski definition) is 2. The van der Waals surface area contributed by atoms with Gasteiger partial charge in [-0.3, -0.25) is 4.57 Å². The highest BCUT2D eigenvalue weighted by Crippen LogP contribution is 2.28. The quantitative estimate of drug-likeness (QED) is 0.433. The average Bonchev–Trinajstić information content (AvgIpc) is 2.11. The Morgan fingerprint density at radius 3 is 1.67 bits per heavy atom. The molecule has 0 saturated carbocycles. The molecule has 0 rings (SSSR count). The number of aliphatic hydroxyl groups excluding tert-OH is 1. The monoisotopic (exact) mass is 280 g/mol. The van der Waals surface area contributed by atoms with E-state index >= 15 is 0 Å². The van der Waals surface area contributed by atoms with Gasteiger partial charge in [-0.05, 0) is 13.8 Å². The molecule has 0 unspecified atom stereocenters. The minimum Gasteiger partial charge on any atom is -0.394 e. The maximum atomic E-state index is 10.9. The summed E-state index contributed by atoms with van der Waals surface area (Å²) in [6.07, 6.45) is -0.167. The lowest BCUT2D eigenvalue weighted by molar-refractivity contribution is 0.216. The van der Waals surface area contributed by atoms with Crippen LogP contribution in [-0.4, -0.2) is 41.0 Å². The minimum atomic E-state index is -3.39. The van der Waals surface area contributed by atoms with Gasteiger partial charge in [-0.1, -0.05) is 0 Å². The van der Waals surface area contributed by atoms with Crippen molar-refractivity contribution in [3.63, 3.8) is 0 Å². The van der Waals surface area contributed by atoms with Crippen LogP contribution in [0.4, 0.5) is 0 Å². The predicted octanol–water partition coefficient (Wildman–Crippen LogP) is 1.13. The first-order chi connectivity index (χ1) is 6.85. The van der Waals surface area contributed by atoms with Gasteiger partial charge in [-0.2, -0.15) is 0 Å². The van der Waals surface area contributed by atoms with Crippen molar-refractivity contribution < 1.29 is 14.6 Å². The Labute approximate surface area is 101 Å². The summed E-state index contributed by atoms with van der Waals surface area (Å²) in [5.41, 5.74) is 0. The Hall–Kier alpha value is 0.650. The zero-order chi connectivity index (χ0) is 12.3. The van der Waals surface area contributed by atoms with Crippen LogP contribution in [-0.2, 0) is 4.57 Å². The molecule has 0 heterocycles. The molecule has 94 valence electrons. The standard InChI is InChI=1S/C4H11Cl2N2O2P.C3H8O/c5-1-3-7-11(9,10)8-4-2-6;1-3(2)4/h1-4H2,(H3,7,8,9,10);3-4H,1-2H3. The van der Waals surface area contributed by atoms with Crippen LogP contribution in [0.15, 0.2) is 0 Å². The fraction of sp³-hybridized carbons (Fsp3) is 1.00. The van der Waals surface area contributed by atoms with Gasteiger partial charge in [0.2, 0.25) is 0 Å². The summed E-state index contributed by atoms with van der Waals surface area (Å²) in [7, 11) is -3.39. The molecule has 0 aliphatic rings. The van der Waals surface area contributed by atoms with Crippen LogP contribution in [0.1, 0.15) is 13.8 Å². The SMILES string of the molecule is CC(C)O.O=P(O)(NCCCl)NCCCl. The smallest absolute Gasteiger partial charge is 0.338 e. The van der Waals surface area contributed by atoms with Crippen LogP contribution in [0.2, 0.25) is 0 Å². The third kappa shape index (κ3) is 20.7. The van der Waals surface area contributed by atoms with E-state index in [9.17, 15) is 4.57 Å². The Bertz CT molecular complexity index is 169. The van der Waals surface area contributed by atoms with Crippen molar-refractivity contribution in [1.82, 2.24) is 10.2 Å². The van der Waals surface area contributed by atoms with E-state index in [2.05, 4.69) is 10.2 Å². The molecular weight excluding hydrogens is 262 g/mol. The normalized spacial score (nSPS) is 11.1. The molecule has 0 radical (unpaired) electrons. The first-order valence-corrected chi connectivity index (χ1v) is 7.21. The van der Waals surface area contributed by atoms with Gasteiger partial charge in [-0.15, -0.1) is 23.2 Å². The third-order valence-corrected chi connectivity index (χ3v) is 2.52. The zero-order valence-corrected chi connectivity index (χ0v) is 11.3. The number of aliphatic hydroxyl groups is 1. The van der Waals surface area contributed by atoms with Gasteiger partial charge < -0.3 is 10.00 Å². The van der Waals surface area contributed by atoms with Crippen LogP contribution >= 0.6 is 30.9 Å². The number of alkyl halides is 2. The van der Waals surface area contributed by atoms with E-state index in [1.54, 1.807) is 13.8 Å². The summed E-state index contributed by atoms with van der Waals surface area (Å²) in [5, 5.41) is 12.8. The fourth-order valence-electron chi connectivity index (χ4n) is 0.444. The van der Waals surface area contributed by atoms with Crippen molar-refractivity contribution >= 4 is 30.9 Å². The lowest BCUT2D eigenvalue weighted by Crippen LogP contribution is -2.24. The molecular formula is C7H19Cl2N2O3P. The van der Waals surface area contributed by atoms with Gasteiger partial charge in [0, 0.05) is 31.0 Å². The van der Waals surface area contributed by atoms with Gasteiger partial charge in [0.25, 0.3) is 0 Å². The number of halogens is 2. The van der Waals surface area contributed by atoms with Gasteiger partial charge >= 0.3 is 7.67 Å². The first kappa shape index (κ1) is 18.0. The van der Waals surface area contributed by atoms with Gasteiger partial charge in [0.05, 0.1) is 0 Å². The molecule has 0 fully saturated rings. The highest BCUT2D eigenvalue weighted by molar-refractivity contribution is 7.53. The van der Waals surface area contributed by atoms with Gasteiger partial charge in [0.15, 0.2) is 0 Å². The minimum absolute atomic E-state index is 0.167. The molecule has 0 atom stereocenters. The van der Waals surface area contributed by atoms with E-state index in [0.29, 0.717) is 24.8 Å². The molecule has 0 aromatic heterocycles. The second-order valence-electron chi connectivity index (χ2n) is 2.86. The van der Waals surface area contributed by atoms with Crippen molar-refractivity contribution in [3.05, 3.63) is 0 Å². The molecule has 4 N–H and O–H groups in total. The largest absolute Gasteiger partial charge is 0.394 e. The van der Waals surface area contributed by atoms with E-state index in [4.69, 9.17) is 33.2 Å². The average molecular weight is 281 g/mol. The van der Waals surface area contributed by atoms with Crippen molar-refractivity contribution in [3.8, 4) is 0 Å². The molecule has 0 bridgehead atoms. The molecule has 8 heteroatoms. The molecule has 0 saturated heterocycles. The summed E-state index contributed by atoms with van der Waals surface area (Å²) in [6.45, 7) is 4.04. The maximum absolute atomic E-state index is 10.9. The maximum Gasteiger partial charge on any atom is 0.338 e. The summed E-state index contributed by atoms with van der Waals surface area (Å²) >= 11 is 10.6. The highest BCUT2D eigenvalue weighted by atomic mass is 35.5. The third-order valence-electron chi connectivity index (χ3n) is 0.841. The van der Waals surface area contributed by atoms with Crippen LogP contribution in [0.3, 0.4) is 0 Å². The molecule has 15 heavy (non-hydrogen) atoms. The van der Waals surface area contributed by atoms with Crippen molar-refractivity contribution in [2.75, 3.05) is 24.8 Å². The topological polar surface area (TPSA) is 81.6 Å². The van der Waals surface area contributed by atoms with E-state index in [-0.39, 0.29) is 6.10 Å². The van der Waals surface area contributed by atoms with Crippen LogP contribution in [0.5, 0.6) is 0 Å². The van der Waals surface area contributed by atoms with Crippen LogP contribution in [0, 0.1) is 0 Å². The number of nitrogens with one attached hydrogen (secondary N) is 2. The Balaban J connectivity index is 0. The summed E-state index contributed by atoms with van der Waals surface area (Å²) < 4.78 is 10.9. The second-order valence-corrected chi connectivity index (χ2v) is 5.40. The lowest BCUT2D eigenvalue weighted by Gasteiger charge is -2.11. The first-order valence-electron chi connectivity index (χ1n) is 4.48. The molecule has 0 aromatic rings. The van der Waals surface area contributed by atoms with Crippen LogP contribution in [0.25, 0.3) is 0 Å². The number of rotatable bonds is 6. The lowest BCUT2D eigenvalue weighted by atomic mass is 10.5. The fourth-order valence-corrected chi connectivity index (χ4v) is 1.84. The summed E-state index contributed by atoms with van der Waals surface area (Å²) in [4.78, 5) is 8.99. The van der Waals surface area contributed by atoms with Crippen molar-refractivity contribution in [1.29, 1.82) is 0 Å². The predicted molar refractivity (Wildman–Crippen MR) is 64.6 cm³/mol. The molecule has 5 nitrogen and oxygen atoms in total. The zero-order valence-electron chi connectivity index (χ0n) is 8.91. The van der Waals surface area contributed by atoms with Crippen molar-refractivity contribution in [2.24, 2.45) is 0 Å². The van der Waals surface area contributed by atoms with Gasteiger partial charge in [0.1, 0.15) is 0 Å². The molecule has 0 aliphatic carbocycles. The Kier molecular flexibility index (Phi) is 13.4. The molecule has 0 spiro atoms. The van der Waals surface area contributed by atoms with E-state index in [1.807, 2.05) is 0 Å². The van der Waals surface area contributed by atoms with E-state index < -0.39 is 7.67 Å². The van der Waals surface area contributed by atoms with E-state index in [1.165, 1.54) is 0 Å². The number of hydrogen-bond donors (Lipinski definition) is 4. The van der Waals surface area contributed by atoms with Crippen molar-refractivity contribution in [2.45, 2.75) is 20.0 Å². The highest BCUT2D eigenvalue weighted by Gasteiger charge is 2.14. The Morgan fingerprint density at radius 2 is 1.47 bits per heavy atom. The second kappa shape index (κ2) is 11.1. The Morgan fingerprint density at radius 1 is 1.20 bits per heavy atom. The molecule has 0 aliphatic heterocycles. The molecule has 0 aromatic carbocycles. The summed E-state index contributed by atoms with van der Waals surface area (Å²) in [6, 6.07) is 0. The van der Waals surface area contributed by atoms with Crippen LogP contribution < -0.4 is 10.2 Å². The molecule has 0 amide bonds. The van der Waals surface area contributed by atoms with Gasteiger partial charge in [-0.25, -0.2) is 10.2 Å².